The van der Waals surface area contributed by atoms with Gasteiger partial charge in [-0.3, -0.25) is 9.59 Å². The summed E-state index contributed by atoms with van der Waals surface area (Å²) in [4.78, 5) is 26.6. The number of ether oxygens (including phenoxy) is 1. The predicted octanol–water partition coefficient (Wildman–Crippen LogP) is 2.74. The van der Waals surface area contributed by atoms with E-state index in [-0.39, 0.29) is 24.6 Å². The van der Waals surface area contributed by atoms with Crippen LogP contribution in [0, 0.1) is 0 Å². The summed E-state index contributed by atoms with van der Waals surface area (Å²) in [5.41, 5.74) is 0. The Morgan fingerprint density at radius 1 is 1.39 bits per heavy atom. The average molecular weight is 288 g/mol. The molecule has 6 heteroatoms. The third-order valence-electron chi connectivity index (χ3n) is 1.99. The normalized spacial score (nSPS) is 10.1. The van der Waals surface area contributed by atoms with Crippen molar-refractivity contribution < 1.29 is 14.3 Å². The summed E-state index contributed by atoms with van der Waals surface area (Å²) in [6.07, 6.45) is 1.88. The van der Waals surface area contributed by atoms with Gasteiger partial charge in [-0.15, -0.1) is 0 Å². The maximum atomic E-state index is 11.5. The molecule has 1 heterocycles. The molecule has 4 nitrogen and oxygen atoms in total. The molecule has 0 atom stereocenters. The number of pyridine rings is 1. The molecule has 18 heavy (non-hydrogen) atoms. The molecule has 0 N–H and O–H groups in total. The van der Waals surface area contributed by atoms with Crippen LogP contribution in [0.5, 0.6) is 0 Å². The van der Waals surface area contributed by atoms with E-state index in [1.54, 1.807) is 19.1 Å². The van der Waals surface area contributed by atoms with Gasteiger partial charge < -0.3 is 4.74 Å². The summed E-state index contributed by atoms with van der Waals surface area (Å²) in [5, 5.41) is 1.30. The zero-order chi connectivity index (χ0) is 13.4. The van der Waals surface area contributed by atoms with Crippen molar-refractivity contribution >= 4 is 35.1 Å². The first-order valence-corrected chi connectivity index (χ1v) is 6.90. The molecule has 0 aliphatic rings. The van der Waals surface area contributed by atoms with Gasteiger partial charge >= 0.3 is 5.97 Å². The molecule has 0 aliphatic carbocycles. The highest BCUT2D eigenvalue weighted by Crippen LogP contribution is 2.17. The van der Waals surface area contributed by atoms with Crippen molar-refractivity contribution in [2.45, 2.75) is 24.8 Å². The molecule has 0 spiro atoms. The minimum atomic E-state index is -0.333. The molecule has 0 radical (unpaired) electrons. The fraction of sp³-hybridized carbons (Fsp3) is 0.417. The molecule has 0 amide bonds. The summed E-state index contributed by atoms with van der Waals surface area (Å²) in [7, 11) is 0. The number of aromatic nitrogens is 1. The van der Waals surface area contributed by atoms with E-state index >= 15 is 0 Å². The Morgan fingerprint density at radius 2 is 2.17 bits per heavy atom. The summed E-state index contributed by atoms with van der Waals surface area (Å²) in [6, 6.07) is 3.48. The van der Waals surface area contributed by atoms with E-state index in [4.69, 9.17) is 16.3 Å². The predicted molar refractivity (Wildman–Crippen MR) is 70.8 cm³/mol. The molecule has 0 unspecified atom stereocenters. The number of thioether (sulfide) groups is 1. The van der Waals surface area contributed by atoms with E-state index < -0.39 is 0 Å². The fourth-order valence-corrected chi connectivity index (χ4v) is 2.01. The lowest BCUT2D eigenvalue weighted by Crippen LogP contribution is -2.09. The second kappa shape index (κ2) is 8.11. The number of Topliss-reactive ketones (excluding diaryl/α,β-unsaturated/α-hetero) is 1. The quantitative estimate of drug-likeness (QED) is 0.570. The number of halogens is 1. The molecule has 0 aromatic carbocycles. The van der Waals surface area contributed by atoms with Gasteiger partial charge in [-0.1, -0.05) is 23.4 Å². The van der Waals surface area contributed by atoms with E-state index in [0.717, 1.165) is 5.03 Å². The molecule has 0 aliphatic heterocycles. The molecular weight excluding hydrogens is 274 g/mol. The number of carbonyl (C=O) groups is 2. The number of nitrogens with zero attached hydrogens (tertiary/aromatic N) is 1. The highest BCUT2D eigenvalue weighted by atomic mass is 35.5. The van der Waals surface area contributed by atoms with Crippen molar-refractivity contribution in [3.05, 3.63) is 23.4 Å². The number of hydrogen-bond acceptors (Lipinski definition) is 5. The number of rotatable bonds is 7. The van der Waals surface area contributed by atoms with Crippen LogP contribution < -0.4 is 0 Å². The Bertz CT molecular complexity index is 408. The maximum absolute atomic E-state index is 11.5. The summed E-state index contributed by atoms with van der Waals surface area (Å²) < 4.78 is 4.74. The minimum absolute atomic E-state index is 0.00445. The van der Waals surface area contributed by atoms with Gasteiger partial charge in [0.05, 0.1) is 28.8 Å². The summed E-state index contributed by atoms with van der Waals surface area (Å²) in [6.45, 7) is 2.08. The van der Waals surface area contributed by atoms with Crippen LogP contribution in [0.4, 0.5) is 0 Å². The van der Waals surface area contributed by atoms with E-state index in [2.05, 4.69) is 4.98 Å². The van der Waals surface area contributed by atoms with Gasteiger partial charge in [0.25, 0.3) is 0 Å². The van der Waals surface area contributed by atoms with Gasteiger partial charge in [0.2, 0.25) is 0 Å². The minimum Gasteiger partial charge on any atom is -0.466 e. The van der Waals surface area contributed by atoms with Gasteiger partial charge in [-0.05, 0) is 19.1 Å². The zero-order valence-electron chi connectivity index (χ0n) is 10.0. The van der Waals surface area contributed by atoms with E-state index in [0.29, 0.717) is 17.4 Å². The van der Waals surface area contributed by atoms with Crippen molar-refractivity contribution in [1.29, 1.82) is 0 Å². The average Bonchev–Trinajstić information content (AvgIpc) is 2.36. The number of hydrogen-bond donors (Lipinski definition) is 0. The molecular formula is C12H14ClNO3S. The molecule has 1 aromatic rings. The fourth-order valence-electron chi connectivity index (χ4n) is 1.15. The first-order valence-electron chi connectivity index (χ1n) is 5.53. The summed E-state index contributed by atoms with van der Waals surface area (Å²) in [5.74, 6) is -0.0288. The monoisotopic (exact) mass is 287 g/mol. The van der Waals surface area contributed by atoms with Gasteiger partial charge in [-0.2, -0.15) is 0 Å². The molecule has 0 saturated carbocycles. The summed E-state index contributed by atoms with van der Waals surface area (Å²) >= 11 is 7.03. The van der Waals surface area contributed by atoms with Gasteiger partial charge in [0.1, 0.15) is 5.78 Å². The lowest BCUT2D eigenvalue weighted by Gasteiger charge is -2.02. The van der Waals surface area contributed by atoms with Crippen molar-refractivity contribution in [3.8, 4) is 0 Å². The topological polar surface area (TPSA) is 56.3 Å². The highest BCUT2D eigenvalue weighted by Gasteiger charge is 2.08. The van der Waals surface area contributed by atoms with Crippen molar-refractivity contribution in [3.63, 3.8) is 0 Å². The Kier molecular flexibility index (Phi) is 6.75. The highest BCUT2D eigenvalue weighted by molar-refractivity contribution is 7.99. The second-order valence-electron chi connectivity index (χ2n) is 3.45. The smallest absolute Gasteiger partial charge is 0.306 e. The van der Waals surface area contributed by atoms with Crippen molar-refractivity contribution in [2.75, 3.05) is 12.4 Å². The molecule has 0 saturated heterocycles. The SMILES string of the molecule is CCOC(=O)CCC(=O)CSc1ccc(Cl)cn1. The lowest BCUT2D eigenvalue weighted by molar-refractivity contribution is -0.144. The van der Waals surface area contributed by atoms with Crippen molar-refractivity contribution in [1.82, 2.24) is 4.98 Å². The Labute approximate surface area is 115 Å². The number of esters is 1. The molecule has 1 aromatic heterocycles. The molecule has 0 bridgehead atoms. The van der Waals surface area contributed by atoms with Crippen LogP contribution in [-0.4, -0.2) is 29.1 Å². The number of carbonyl (C=O) groups excluding carboxylic acids is 2. The van der Waals surface area contributed by atoms with Gasteiger partial charge in [-0.25, -0.2) is 4.98 Å². The van der Waals surface area contributed by atoms with Crippen LogP contribution in [-0.2, 0) is 14.3 Å². The van der Waals surface area contributed by atoms with Crippen LogP contribution >= 0.6 is 23.4 Å². The zero-order valence-corrected chi connectivity index (χ0v) is 11.6. The molecule has 0 fully saturated rings. The molecule has 98 valence electrons. The van der Waals surface area contributed by atoms with E-state index in [1.807, 2.05) is 0 Å². The largest absolute Gasteiger partial charge is 0.466 e. The number of ketones is 1. The first kappa shape index (κ1) is 15.0. The van der Waals surface area contributed by atoms with Crippen LogP contribution in [0.2, 0.25) is 5.02 Å². The van der Waals surface area contributed by atoms with E-state index in [1.165, 1.54) is 18.0 Å². The van der Waals surface area contributed by atoms with Crippen molar-refractivity contribution in [2.24, 2.45) is 0 Å². The Morgan fingerprint density at radius 3 is 2.78 bits per heavy atom. The lowest BCUT2D eigenvalue weighted by atomic mass is 10.2. The Balaban J connectivity index is 2.24. The van der Waals surface area contributed by atoms with Crippen LogP contribution in [0.15, 0.2) is 23.4 Å². The van der Waals surface area contributed by atoms with Crippen LogP contribution in [0.3, 0.4) is 0 Å². The third kappa shape index (κ3) is 6.02. The maximum Gasteiger partial charge on any atom is 0.306 e. The molecule has 1 rings (SSSR count). The Hall–Kier alpha value is -1.07. The van der Waals surface area contributed by atoms with Crippen LogP contribution in [0.1, 0.15) is 19.8 Å². The second-order valence-corrected chi connectivity index (χ2v) is 4.88. The standard InChI is InChI=1S/C12H14ClNO3S/c1-2-17-12(16)6-4-10(15)8-18-11-5-3-9(13)7-14-11/h3,5,7H,2,4,6,8H2,1H3. The van der Waals surface area contributed by atoms with Gasteiger partial charge in [0, 0.05) is 12.6 Å². The van der Waals surface area contributed by atoms with Gasteiger partial charge in [0.15, 0.2) is 0 Å². The third-order valence-corrected chi connectivity index (χ3v) is 3.22. The first-order chi connectivity index (χ1) is 8.61. The van der Waals surface area contributed by atoms with Crippen LogP contribution in [0.25, 0.3) is 0 Å². The van der Waals surface area contributed by atoms with E-state index in [9.17, 15) is 9.59 Å².